The molecule has 14 heteroatoms. The molecule has 0 fully saturated rings. The standard InChI is InChI=1S/C32H30N2O10S2/c1-3-39-31(35)17-33(45-21-9-13-27-29(15-21)43-19-41-27)25-11-12-26(24-8-6-5-7-23(24)25)34(18-32(36)40-4-2)46(37,38)22-10-14-28-30(16-22)44-20-42-28/h5-16H,3-4,17-20H2,1-2H3. The summed E-state index contributed by atoms with van der Waals surface area (Å²) in [5.74, 6) is 0.756. The van der Waals surface area contributed by atoms with Crippen LogP contribution in [0.5, 0.6) is 23.0 Å². The van der Waals surface area contributed by atoms with Gasteiger partial charge in [0.15, 0.2) is 23.0 Å². The molecule has 46 heavy (non-hydrogen) atoms. The van der Waals surface area contributed by atoms with E-state index in [1.165, 1.54) is 30.1 Å². The van der Waals surface area contributed by atoms with Crippen molar-refractivity contribution >= 4 is 56.1 Å². The Morgan fingerprint density at radius 2 is 1.28 bits per heavy atom. The maximum Gasteiger partial charge on any atom is 0.326 e. The first-order valence-electron chi connectivity index (χ1n) is 14.4. The van der Waals surface area contributed by atoms with Gasteiger partial charge < -0.3 is 32.7 Å². The lowest BCUT2D eigenvalue weighted by molar-refractivity contribution is -0.142. The second-order valence-corrected chi connectivity index (χ2v) is 12.9. The van der Waals surface area contributed by atoms with Crippen LogP contribution in [0.3, 0.4) is 0 Å². The molecule has 0 aliphatic carbocycles. The van der Waals surface area contributed by atoms with Gasteiger partial charge in [0.2, 0.25) is 13.6 Å². The number of esters is 2. The Morgan fingerprint density at radius 1 is 0.717 bits per heavy atom. The molecule has 0 aromatic heterocycles. The topological polar surface area (TPSA) is 130 Å². The molecular weight excluding hydrogens is 636 g/mol. The fraction of sp³-hybridized carbons (Fsp3) is 0.250. The number of anilines is 2. The molecule has 6 rings (SSSR count). The van der Waals surface area contributed by atoms with Gasteiger partial charge in [-0.1, -0.05) is 24.3 Å². The van der Waals surface area contributed by atoms with E-state index in [2.05, 4.69) is 0 Å². The van der Waals surface area contributed by atoms with Gasteiger partial charge in [0.1, 0.15) is 13.1 Å². The van der Waals surface area contributed by atoms with Gasteiger partial charge in [0.05, 0.1) is 29.5 Å². The number of benzene rings is 4. The van der Waals surface area contributed by atoms with E-state index in [4.69, 9.17) is 28.4 Å². The van der Waals surface area contributed by atoms with Crippen molar-refractivity contribution in [2.75, 3.05) is 48.5 Å². The SMILES string of the molecule is CCOC(=O)CN(Sc1ccc2c(c1)OCO2)c1ccc(N(CC(=O)OCC)S(=O)(=O)c2ccc3c(c2)OCO3)c2ccccc12. The summed E-state index contributed by atoms with van der Waals surface area (Å²) < 4.78 is 63.4. The smallest absolute Gasteiger partial charge is 0.326 e. The number of sulfonamides is 1. The van der Waals surface area contributed by atoms with Crippen molar-refractivity contribution in [1.29, 1.82) is 0 Å². The molecule has 12 nitrogen and oxygen atoms in total. The largest absolute Gasteiger partial charge is 0.465 e. The second kappa shape index (κ2) is 13.3. The van der Waals surface area contributed by atoms with Crippen LogP contribution in [-0.2, 0) is 29.1 Å². The third-order valence-electron chi connectivity index (χ3n) is 7.06. The average molecular weight is 667 g/mol. The third kappa shape index (κ3) is 6.30. The zero-order valence-corrected chi connectivity index (χ0v) is 26.6. The molecule has 0 atom stereocenters. The minimum Gasteiger partial charge on any atom is -0.465 e. The summed E-state index contributed by atoms with van der Waals surface area (Å²) >= 11 is 1.29. The first-order chi connectivity index (χ1) is 22.3. The van der Waals surface area contributed by atoms with Gasteiger partial charge in [0.25, 0.3) is 10.0 Å². The van der Waals surface area contributed by atoms with Gasteiger partial charge in [0, 0.05) is 21.7 Å². The van der Waals surface area contributed by atoms with Crippen LogP contribution in [0.4, 0.5) is 11.4 Å². The molecule has 0 saturated carbocycles. The van der Waals surface area contributed by atoms with Crippen LogP contribution in [0.1, 0.15) is 13.8 Å². The Hall–Kier alpha value is -4.82. The zero-order chi connectivity index (χ0) is 32.3. The van der Waals surface area contributed by atoms with E-state index in [9.17, 15) is 18.0 Å². The van der Waals surface area contributed by atoms with E-state index >= 15 is 0 Å². The van der Waals surface area contributed by atoms with Gasteiger partial charge in [-0.2, -0.15) is 0 Å². The van der Waals surface area contributed by atoms with Crippen molar-refractivity contribution in [1.82, 2.24) is 0 Å². The average Bonchev–Trinajstić information content (AvgIpc) is 3.72. The Kier molecular flexibility index (Phi) is 8.99. The monoisotopic (exact) mass is 666 g/mol. The molecule has 2 heterocycles. The van der Waals surface area contributed by atoms with Gasteiger partial charge in [-0.05, 0) is 68.3 Å². The van der Waals surface area contributed by atoms with E-state index in [0.717, 1.165) is 9.20 Å². The van der Waals surface area contributed by atoms with E-state index < -0.39 is 28.5 Å². The van der Waals surface area contributed by atoms with E-state index in [1.807, 2.05) is 24.3 Å². The van der Waals surface area contributed by atoms with Crippen molar-refractivity contribution in [3.05, 3.63) is 72.8 Å². The highest BCUT2D eigenvalue weighted by Crippen LogP contribution is 2.43. The van der Waals surface area contributed by atoms with E-state index in [-0.39, 0.29) is 49.7 Å². The number of hydrogen-bond acceptors (Lipinski definition) is 12. The molecule has 0 spiro atoms. The molecule has 4 aromatic rings. The van der Waals surface area contributed by atoms with Crippen molar-refractivity contribution < 1.29 is 46.4 Å². The lowest BCUT2D eigenvalue weighted by Crippen LogP contribution is -2.37. The molecule has 2 aliphatic heterocycles. The van der Waals surface area contributed by atoms with Crippen molar-refractivity contribution in [3.63, 3.8) is 0 Å². The fourth-order valence-electron chi connectivity index (χ4n) is 5.04. The van der Waals surface area contributed by atoms with E-state index in [1.54, 1.807) is 48.5 Å². The molecular formula is C32H30N2O10S2. The van der Waals surface area contributed by atoms with Crippen LogP contribution in [0, 0.1) is 0 Å². The molecule has 4 aromatic carbocycles. The highest BCUT2D eigenvalue weighted by atomic mass is 32.2. The van der Waals surface area contributed by atoms with Crippen LogP contribution in [0.15, 0.2) is 82.6 Å². The maximum absolute atomic E-state index is 14.2. The Balaban J connectivity index is 1.44. The fourth-order valence-corrected chi connectivity index (χ4v) is 7.46. The van der Waals surface area contributed by atoms with Crippen molar-refractivity contribution in [3.8, 4) is 23.0 Å². The number of carbonyl (C=O) groups excluding carboxylic acids is 2. The number of carbonyl (C=O) groups is 2. The molecule has 0 amide bonds. The molecule has 240 valence electrons. The number of rotatable bonds is 12. The van der Waals surface area contributed by atoms with Crippen LogP contribution in [-0.4, -0.2) is 60.2 Å². The molecule has 0 unspecified atom stereocenters. The summed E-state index contributed by atoms with van der Waals surface area (Å²) in [6.45, 7) is 3.08. The van der Waals surface area contributed by atoms with Crippen LogP contribution >= 0.6 is 11.9 Å². The second-order valence-electron chi connectivity index (χ2n) is 9.93. The maximum atomic E-state index is 14.2. The number of nitrogens with zero attached hydrogens (tertiary/aromatic N) is 2. The summed E-state index contributed by atoms with van der Waals surface area (Å²) in [6, 6.07) is 20.2. The molecule has 0 bridgehead atoms. The van der Waals surface area contributed by atoms with Crippen molar-refractivity contribution in [2.24, 2.45) is 0 Å². The van der Waals surface area contributed by atoms with E-state index in [0.29, 0.717) is 33.7 Å². The van der Waals surface area contributed by atoms with Crippen LogP contribution < -0.4 is 27.6 Å². The molecule has 0 radical (unpaired) electrons. The summed E-state index contributed by atoms with van der Waals surface area (Å²) in [4.78, 5) is 26.3. The van der Waals surface area contributed by atoms with Gasteiger partial charge in [-0.3, -0.25) is 13.9 Å². The summed E-state index contributed by atoms with van der Waals surface area (Å²) in [5.41, 5.74) is 0.862. The predicted octanol–water partition coefficient (Wildman–Crippen LogP) is 5.13. The lowest BCUT2D eigenvalue weighted by Gasteiger charge is -2.28. The normalized spacial score (nSPS) is 13.0. The predicted molar refractivity (Wildman–Crippen MR) is 170 cm³/mol. The molecule has 0 N–H and O–H groups in total. The Morgan fingerprint density at radius 3 is 1.96 bits per heavy atom. The zero-order valence-electron chi connectivity index (χ0n) is 25.0. The Bertz CT molecular complexity index is 1900. The summed E-state index contributed by atoms with van der Waals surface area (Å²) in [5, 5.41) is 1.15. The number of fused-ring (bicyclic) bond motifs is 3. The quantitative estimate of drug-likeness (QED) is 0.147. The number of hydrogen-bond donors (Lipinski definition) is 0. The van der Waals surface area contributed by atoms with Crippen LogP contribution in [0.2, 0.25) is 0 Å². The highest BCUT2D eigenvalue weighted by molar-refractivity contribution is 8.00. The van der Waals surface area contributed by atoms with Gasteiger partial charge in [-0.15, -0.1) is 0 Å². The van der Waals surface area contributed by atoms with Crippen LogP contribution in [0.25, 0.3) is 10.8 Å². The Labute approximate surface area is 269 Å². The van der Waals surface area contributed by atoms with Gasteiger partial charge >= 0.3 is 11.9 Å². The minimum absolute atomic E-state index is 0.0238. The first-order valence-corrected chi connectivity index (χ1v) is 16.6. The minimum atomic E-state index is -4.32. The molecule has 0 saturated heterocycles. The third-order valence-corrected chi connectivity index (χ3v) is 9.83. The summed E-state index contributed by atoms with van der Waals surface area (Å²) in [7, 11) is -4.32. The van der Waals surface area contributed by atoms with Gasteiger partial charge in [-0.25, -0.2) is 8.42 Å². The van der Waals surface area contributed by atoms with Crippen molar-refractivity contribution in [2.45, 2.75) is 23.6 Å². The lowest BCUT2D eigenvalue weighted by atomic mass is 10.1. The highest BCUT2D eigenvalue weighted by Gasteiger charge is 2.32. The first kappa shape index (κ1) is 31.2. The number of ether oxygens (including phenoxy) is 6. The summed E-state index contributed by atoms with van der Waals surface area (Å²) in [6.07, 6.45) is 0. The molecule has 2 aliphatic rings.